The number of furan rings is 1. The van der Waals surface area contributed by atoms with Gasteiger partial charge in [0.2, 0.25) is 5.91 Å². The molecule has 1 aromatic rings. The van der Waals surface area contributed by atoms with E-state index in [4.69, 9.17) is 4.42 Å². The zero-order valence-electron chi connectivity index (χ0n) is 11.0. The second-order valence-corrected chi connectivity index (χ2v) is 5.46. The molecular formula is C13H22N2O2. The minimum atomic E-state index is -0.191. The van der Waals surface area contributed by atoms with E-state index in [9.17, 15) is 4.79 Å². The number of nitrogens with one attached hydrogen (secondary N) is 2. The standard InChI is InChI=1S/C13H22N2O2/c1-10(15-9-13(2,3)4)12(16)14-8-11-6-5-7-17-11/h5-7,10,15H,8-9H2,1-4H3,(H,14,16). The SMILES string of the molecule is CC(NCC(C)(C)C)C(=O)NCc1ccco1. The monoisotopic (exact) mass is 238 g/mol. The number of amides is 1. The molecular weight excluding hydrogens is 216 g/mol. The highest BCUT2D eigenvalue weighted by Crippen LogP contribution is 2.10. The van der Waals surface area contributed by atoms with Gasteiger partial charge in [0.1, 0.15) is 5.76 Å². The van der Waals surface area contributed by atoms with Gasteiger partial charge < -0.3 is 15.1 Å². The van der Waals surface area contributed by atoms with E-state index in [0.29, 0.717) is 6.54 Å². The Balaban J connectivity index is 2.27. The lowest BCUT2D eigenvalue weighted by atomic mass is 9.96. The molecule has 0 bridgehead atoms. The second-order valence-electron chi connectivity index (χ2n) is 5.46. The van der Waals surface area contributed by atoms with E-state index in [1.807, 2.05) is 19.1 Å². The zero-order valence-corrected chi connectivity index (χ0v) is 11.0. The quantitative estimate of drug-likeness (QED) is 0.824. The van der Waals surface area contributed by atoms with Crippen LogP contribution in [0.1, 0.15) is 33.5 Å². The van der Waals surface area contributed by atoms with E-state index in [1.165, 1.54) is 0 Å². The molecule has 4 heteroatoms. The molecule has 0 spiro atoms. The highest BCUT2D eigenvalue weighted by Gasteiger charge is 2.16. The van der Waals surface area contributed by atoms with E-state index < -0.39 is 0 Å². The summed E-state index contributed by atoms with van der Waals surface area (Å²) in [6.45, 7) is 9.51. The first-order valence-corrected chi connectivity index (χ1v) is 5.92. The van der Waals surface area contributed by atoms with Crippen LogP contribution < -0.4 is 10.6 Å². The largest absolute Gasteiger partial charge is 0.467 e. The molecule has 1 aromatic heterocycles. The van der Waals surface area contributed by atoms with Gasteiger partial charge in [-0.1, -0.05) is 20.8 Å². The Bertz CT molecular complexity index is 339. The van der Waals surface area contributed by atoms with Crippen LogP contribution >= 0.6 is 0 Å². The summed E-state index contributed by atoms with van der Waals surface area (Å²) in [5, 5.41) is 6.04. The van der Waals surface area contributed by atoms with Gasteiger partial charge >= 0.3 is 0 Å². The Morgan fingerprint density at radius 2 is 2.18 bits per heavy atom. The van der Waals surface area contributed by atoms with Crippen molar-refractivity contribution >= 4 is 5.91 Å². The first kappa shape index (κ1) is 13.8. The fourth-order valence-electron chi connectivity index (χ4n) is 1.29. The summed E-state index contributed by atoms with van der Waals surface area (Å²) in [6.07, 6.45) is 1.60. The Hall–Kier alpha value is -1.29. The molecule has 1 atom stereocenters. The maximum atomic E-state index is 11.7. The number of hydrogen-bond donors (Lipinski definition) is 2. The summed E-state index contributed by atoms with van der Waals surface area (Å²) < 4.78 is 5.14. The predicted octanol–water partition coefficient (Wildman–Crippen LogP) is 1.92. The van der Waals surface area contributed by atoms with Crippen LogP contribution in [-0.2, 0) is 11.3 Å². The van der Waals surface area contributed by atoms with Crippen molar-refractivity contribution in [1.82, 2.24) is 10.6 Å². The molecule has 0 fully saturated rings. The van der Waals surface area contributed by atoms with E-state index in [0.717, 1.165) is 12.3 Å². The number of rotatable bonds is 5. The fraction of sp³-hybridized carbons (Fsp3) is 0.615. The maximum Gasteiger partial charge on any atom is 0.237 e. The van der Waals surface area contributed by atoms with Gasteiger partial charge in [0.25, 0.3) is 0 Å². The molecule has 0 saturated carbocycles. The van der Waals surface area contributed by atoms with Crippen molar-refractivity contribution in [1.29, 1.82) is 0 Å². The Kier molecular flexibility index (Phi) is 4.75. The van der Waals surface area contributed by atoms with Crippen molar-refractivity contribution in [2.45, 2.75) is 40.3 Å². The molecule has 4 nitrogen and oxygen atoms in total. The summed E-state index contributed by atoms with van der Waals surface area (Å²) >= 11 is 0. The first-order valence-electron chi connectivity index (χ1n) is 5.92. The van der Waals surface area contributed by atoms with Gasteiger partial charge in [-0.15, -0.1) is 0 Å². The second kappa shape index (κ2) is 5.87. The van der Waals surface area contributed by atoms with Crippen molar-refractivity contribution in [2.75, 3.05) is 6.54 Å². The van der Waals surface area contributed by atoms with Crippen LogP contribution in [0.15, 0.2) is 22.8 Å². The van der Waals surface area contributed by atoms with Crippen molar-refractivity contribution in [2.24, 2.45) is 5.41 Å². The maximum absolute atomic E-state index is 11.7. The van der Waals surface area contributed by atoms with Crippen LogP contribution in [0.5, 0.6) is 0 Å². The number of carbonyl (C=O) groups is 1. The molecule has 0 aliphatic rings. The van der Waals surface area contributed by atoms with Crippen LogP contribution in [0.3, 0.4) is 0 Å². The normalized spacial score (nSPS) is 13.4. The topological polar surface area (TPSA) is 54.3 Å². The fourth-order valence-corrected chi connectivity index (χ4v) is 1.29. The Morgan fingerprint density at radius 3 is 2.71 bits per heavy atom. The van der Waals surface area contributed by atoms with Gasteiger partial charge in [-0.2, -0.15) is 0 Å². The average Bonchev–Trinajstić information content (AvgIpc) is 2.74. The van der Waals surface area contributed by atoms with Crippen molar-refractivity contribution < 1.29 is 9.21 Å². The van der Waals surface area contributed by atoms with E-state index in [1.54, 1.807) is 6.26 Å². The molecule has 0 radical (unpaired) electrons. The van der Waals surface area contributed by atoms with Crippen LogP contribution in [0.4, 0.5) is 0 Å². The van der Waals surface area contributed by atoms with E-state index in [-0.39, 0.29) is 17.4 Å². The lowest BCUT2D eigenvalue weighted by molar-refractivity contribution is -0.123. The summed E-state index contributed by atoms with van der Waals surface area (Å²) in [5.74, 6) is 0.757. The van der Waals surface area contributed by atoms with Gasteiger partial charge in [-0.25, -0.2) is 0 Å². The smallest absolute Gasteiger partial charge is 0.237 e. The highest BCUT2D eigenvalue weighted by molar-refractivity contribution is 5.81. The molecule has 1 unspecified atom stereocenters. The van der Waals surface area contributed by atoms with E-state index in [2.05, 4.69) is 31.4 Å². The Labute approximate surface area is 103 Å². The van der Waals surface area contributed by atoms with Crippen molar-refractivity contribution in [3.8, 4) is 0 Å². The molecule has 17 heavy (non-hydrogen) atoms. The summed E-state index contributed by atoms with van der Waals surface area (Å²) in [5.41, 5.74) is 0.176. The summed E-state index contributed by atoms with van der Waals surface area (Å²) in [7, 11) is 0. The third-order valence-corrected chi connectivity index (χ3v) is 2.35. The summed E-state index contributed by atoms with van der Waals surface area (Å²) in [4.78, 5) is 11.7. The molecule has 0 aliphatic carbocycles. The molecule has 2 N–H and O–H groups in total. The lowest BCUT2D eigenvalue weighted by Crippen LogP contribution is -2.44. The third-order valence-electron chi connectivity index (χ3n) is 2.35. The van der Waals surface area contributed by atoms with Crippen molar-refractivity contribution in [3.05, 3.63) is 24.2 Å². The zero-order chi connectivity index (χ0) is 12.9. The van der Waals surface area contributed by atoms with Crippen LogP contribution in [0.2, 0.25) is 0 Å². The number of carbonyl (C=O) groups excluding carboxylic acids is 1. The molecule has 1 heterocycles. The van der Waals surface area contributed by atoms with Crippen LogP contribution in [0.25, 0.3) is 0 Å². The first-order chi connectivity index (χ1) is 7.88. The minimum absolute atomic E-state index is 0.00866. The molecule has 96 valence electrons. The van der Waals surface area contributed by atoms with Crippen LogP contribution in [0, 0.1) is 5.41 Å². The third kappa shape index (κ3) is 5.54. The predicted molar refractivity (Wildman–Crippen MR) is 67.5 cm³/mol. The van der Waals surface area contributed by atoms with Gasteiger partial charge in [-0.3, -0.25) is 4.79 Å². The van der Waals surface area contributed by atoms with Gasteiger partial charge in [0, 0.05) is 6.54 Å². The van der Waals surface area contributed by atoms with Gasteiger partial charge in [0.15, 0.2) is 0 Å². The van der Waals surface area contributed by atoms with Crippen molar-refractivity contribution in [3.63, 3.8) is 0 Å². The van der Waals surface area contributed by atoms with Gasteiger partial charge in [-0.05, 0) is 24.5 Å². The Morgan fingerprint density at radius 1 is 1.47 bits per heavy atom. The summed E-state index contributed by atoms with van der Waals surface area (Å²) in [6, 6.07) is 3.46. The van der Waals surface area contributed by atoms with E-state index >= 15 is 0 Å². The average molecular weight is 238 g/mol. The molecule has 0 aliphatic heterocycles. The van der Waals surface area contributed by atoms with Crippen LogP contribution in [-0.4, -0.2) is 18.5 Å². The number of hydrogen-bond acceptors (Lipinski definition) is 3. The molecule has 0 saturated heterocycles. The lowest BCUT2D eigenvalue weighted by Gasteiger charge is -2.22. The molecule has 1 amide bonds. The molecule has 1 rings (SSSR count). The minimum Gasteiger partial charge on any atom is -0.467 e. The van der Waals surface area contributed by atoms with Gasteiger partial charge in [0.05, 0.1) is 18.8 Å². The highest BCUT2D eigenvalue weighted by atomic mass is 16.3. The molecule has 0 aromatic carbocycles.